The number of nitrogens with zero attached hydrogens (tertiary/aromatic N) is 2. The van der Waals surface area contributed by atoms with Gasteiger partial charge in [0.1, 0.15) is 17.9 Å². The molecule has 0 saturated carbocycles. The molecule has 42 heavy (non-hydrogen) atoms. The average molecular weight is 833 g/mol. The van der Waals surface area contributed by atoms with E-state index in [1.54, 1.807) is 45.7 Å². The summed E-state index contributed by atoms with van der Waals surface area (Å²) in [7, 11) is 2.87. The molecule has 2 unspecified atom stereocenters. The molecule has 0 heterocycles. The van der Waals surface area contributed by atoms with Crippen LogP contribution in [0, 0.1) is 6.42 Å². The Morgan fingerprint density at radius 3 is 2.24 bits per heavy atom. The van der Waals surface area contributed by atoms with E-state index in [1.165, 1.54) is 18.4 Å². The van der Waals surface area contributed by atoms with Crippen molar-refractivity contribution in [1.82, 2.24) is 9.80 Å². The van der Waals surface area contributed by atoms with Gasteiger partial charge in [-0.25, -0.2) is 4.79 Å². The fourth-order valence-corrected chi connectivity index (χ4v) is 4.47. The summed E-state index contributed by atoms with van der Waals surface area (Å²) in [6.45, 7) is 9.68. The second-order valence-electron chi connectivity index (χ2n) is 11.3. The molecule has 0 radical (unpaired) electrons. The van der Waals surface area contributed by atoms with Gasteiger partial charge < -0.3 is 14.4 Å². The fourth-order valence-electron chi connectivity index (χ4n) is 4.47. The van der Waals surface area contributed by atoms with Crippen LogP contribution in [0.5, 0.6) is 0 Å². The number of ether oxygens (including phenoxy) is 2. The summed E-state index contributed by atoms with van der Waals surface area (Å²) in [6.07, 6.45) is 5.66. The molecule has 2 aromatic carbocycles. The Labute approximate surface area is 245 Å². The maximum Gasteiger partial charge on any atom is 0.410 e. The molecule has 2 rings (SSSR count). The number of likely N-dealkylation sites (N-methyl/N-ethyl adjacent to an activating group) is 1. The van der Waals surface area contributed by atoms with Crippen molar-refractivity contribution in [2.45, 2.75) is 84.4 Å². The van der Waals surface area contributed by atoms with E-state index in [2.05, 4.69) is 6.92 Å². The Bertz CT molecular complexity index is 1160. The van der Waals surface area contributed by atoms with Gasteiger partial charge >= 0.3 is 6.09 Å². The molecule has 0 bridgehead atoms. The van der Waals surface area contributed by atoms with E-state index in [9.17, 15) is 19.2 Å². The molecule has 9 heteroatoms. The van der Waals surface area contributed by atoms with Crippen LogP contribution in [-0.2, 0) is 25.5 Å². The molecule has 0 aliphatic carbocycles. The summed E-state index contributed by atoms with van der Waals surface area (Å²) in [5, 5.41) is 0. The second kappa shape index (κ2) is 16.5. The monoisotopic (exact) mass is 832 g/mol. The minimum absolute atomic E-state index is 0. The van der Waals surface area contributed by atoms with Crippen LogP contribution in [0.15, 0.2) is 48.5 Å². The van der Waals surface area contributed by atoms with Gasteiger partial charge in [-0.3, -0.25) is 25.7 Å². The van der Waals surface area contributed by atoms with E-state index in [1.807, 2.05) is 42.5 Å². The minimum Gasteiger partial charge on any atom is -0.491 e. The molecule has 0 saturated heterocycles. The van der Waals surface area contributed by atoms with Crippen LogP contribution < -0.4 is 0 Å². The number of carbonyl (C=O) groups excluding carboxylic acids is 4. The van der Waals surface area contributed by atoms with Crippen molar-refractivity contribution < 1.29 is 28.7 Å². The van der Waals surface area contributed by atoms with Crippen molar-refractivity contribution in [2.24, 2.45) is 0 Å². The zero-order valence-corrected chi connectivity index (χ0v) is 32.6. The molecular formula is C33H45N2O6Rf-. The van der Waals surface area contributed by atoms with Crippen LogP contribution in [0.25, 0.3) is 11.1 Å². The van der Waals surface area contributed by atoms with Gasteiger partial charge in [0.2, 0.25) is 5.91 Å². The number of unbranched alkanes of at least 4 members (excludes halogenated alkanes) is 3. The summed E-state index contributed by atoms with van der Waals surface area (Å²) >= 11 is 0. The molecule has 0 N–H and O–H groups in total. The molecule has 8 nitrogen and oxygen atoms in total. The van der Waals surface area contributed by atoms with Gasteiger partial charge in [0.05, 0.1) is 7.11 Å². The number of hydrogen-bond acceptors (Lipinski definition) is 6. The van der Waals surface area contributed by atoms with Crippen LogP contribution in [0.4, 0.5) is 4.79 Å². The van der Waals surface area contributed by atoms with E-state index in [0.29, 0.717) is 12.1 Å². The third kappa shape index (κ3) is 10.6. The molecular weight excluding hydrogens is 787 g/mol. The van der Waals surface area contributed by atoms with Crippen molar-refractivity contribution in [3.63, 3.8) is 0 Å². The standard InChI is InChI=1S/C33H45N2O6.Rf/c1-8-9-10-11-19-35(24(2)20-30(37)40-7)31(38)29(34(6)32(39)41-33(3,4)5)22-25-15-17-27(18-16-25)28-14-12-13-26(21-28)23-36;/h12-18,20-21,23-24,29H,8-11,19,22H2,1-7H3;/q-1;. The predicted molar refractivity (Wildman–Crippen MR) is 160 cm³/mol. The number of methoxy groups -OCH3 is 1. The Kier molecular flexibility index (Phi) is 13.8. The SMILES string of the molecule is CCCCCCN(C(=O)C(Cc1ccc(-c2cccc(C=O)c2)cc1)N(C)C(=O)OC(C)(C)C)C(C)[CH-]C(=O)OC.[Rf]. The van der Waals surface area contributed by atoms with Gasteiger partial charge in [-0.05, 0) is 49.9 Å². The zero-order valence-electron chi connectivity index (χ0n) is 26.2. The number of esters is 1. The fraction of sp³-hybridized carbons (Fsp3) is 0.485. The first kappa shape index (κ1) is 35.2. The summed E-state index contributed by atoms with van der Waals surface area (Å²) in [5.41, 5.74) is 2.55. The summed E-state index contributed by atoms with van der Waals surface area (Å²) in [5.74, 6) is -0.791. The Hall–Kier alpha value is -4.81. The number of amides is 2. The number of hydrogen-bond donors (Lipinski definition) is 0. The normalized spacial score (nSPS) is 12.3. The first-order chi connectivity index (χ1) is 19.4. The molecule has 226 valence electrons. The van der Waals surface area contributed by atoms with Crippen molar-refractivity contribution >= 4 is 24.3 Å². The van der Waals surface area contributed by atoms with Crippen molar-refractivity contribution in [3.8, 4) is 11.1 Å². The molecule has 0 fully saturated rings. The van der Waals surface area contributed by atoms with Crippen LogP contribution >= 0.6 is 0 Å². The predicted octanol–water partition coefficient (Wildman–Crippen LogP) is 6.12. The van der Waals surface area contributed by atoms with E-state index < -0.39 is 29.7 Å². The maximum absolute atomic E-state index is 14.2. The van der Waals surface area contributed by atoms with E-state index >= 15 is 0 Å². The largest absolute Gasteiger partial charge is 0.491 e. The summed E-state index contributed by atoms with van der Waals surface area (Å²) in [4.78, 5) is 53.6. The smallest absolute Gasteiger partial charge is 0.410 e. The van der Waals surface area contributed by atoms with Gasteiger partial charge in [-0.2, -0.15) is 0 Å². The molecule has 0 aliphatic rings. The summed E-state index contributed by atoms with van der Waals surface area (Å²) in [6, 6.07) is 13.6. The summed E-state index contributed by atoms with van der Waals surface area (Å²) < 4.78 is 10.4. The number of benzene rings is 2. The first-order valence-corrected chi connectivity index (χ1v) is 14.2. The maximum atomic E-state index is 14.2. The first-order valence-electron chi connectivity index (χ1n) is 14.2. The third-order valence-corrected chi connectivity index (χ3v) is 6.78. The van der Waals surface area contributed by atoms with Crippen molar-refractivity contribution in [1.29, 1.82) is 0 Å². The van der Waals surface area contributed by atoms with Crippen LogP contribution in [0.1, 0.15) is 76.2 Å². The van der Waals surface area contributed by atoms with Gasteiger partial charge in [0.15, 0.2) is 5.97 Å². The minimum atomic E-state index is -0.867. The van der Waals surface area contributed by atoms with E-state index in [4.69, 9.17) is 9.47 Å². The van der Waals surface area contributed by atoms with Gasteiger partial charge in [-0.1, -0.05) is 81.6 Å². The Morgan fingerprint density at radius 2 is 1.67 bits per heavy atom. The quantitative estimate of drug-likeness (QED) is 0.0987. The Morgan fingerprint density at radius 1 is 1.00 bits per heavy atom. The van der Waals surface area contributed by atoms with Crippen LogP contribution in [0.2, 0.25) is 0 Å². The molecule has 2 atom stereocenters. The van der Waals surface area contributed by atoms with E-state index in [0.717, 1.165) is 48.7 Å². The van der Waals surface area contributed by atoms with Gasteiger partial charge in [0.25, 0.3) is 0 Å². The third-order valence-electron chi connectivity index (χ3n) is 6.78. The number of carbonyl (C=O) groups is 4. The van der Waals surface area contributed by atoms with Crippen molar-refractivity contribution in [3.05, 3.63) is 66.1 Å². The second-order valence-corrected chi connectivity index (χ2v) is 11.3. The molecule has 0 aromatic heterocycles. The molecule has 2 aromatic rings. The molecule has 0 aliphatic heterocycles. The Balaban J connectivity index is 0.00000882. The van der Waals surface area contributed by atoms with Crippen LogP contribution in [0.3, 0.4) is 0 Å². The van der Waals surface area contributed by atoms with E-state index in [-0.39, 0.29) is 12.3 Å². The number of rotatable bonds is 14. The molecule has 2 amide bonds. The zero-order chi connectivity index (χ0) is 30.6. The van der Waals surface area contributed by atoms with Crippen LogP contribution in [-0.4, -0.2) is 72.4 Å². The van der Waals surface area contributed by atoms with Gasteiger partial charge in [-0.15, -0.1) is 0 Å². The van der Waals surface area contributed by atoms with Gasteiger partial charge in [0, 0.05) is 25.6 Å². The topological polar surface area (TPSA) is 93.2 Å². The number of aldehydes is 1. The average Bonchev–Trinajstić information content (AvgIpc) is 2.94. The van der Waals surface area contributed by atoms with Crippen molar-refractivity contribution in [2.75, 3.05) is 20.7 Å². The molecule has 0 spiro atoms.